The van der Waals surface area contributed by atoms with E-state index in [0.717, 1.165) is 15.1 Å². The van der Waals surface area contributed by atoms with Crippen molar-refractivity contribution in [1.29, 1.82) is 0 Å². The summed E-state index contributed by atoms with van der Waals surface area (Å²) in [4.78, 5) is 0. The van der Waals surface area contributed by atoms with Gasteiger partial charge < -0.3 is 4.74 Å². The van der Waals surface area contributed by atoms with E-state index < -0.39 is 0 Å². The number of aryl methyl sites for hydroxylation is 2. The van der Waals surface area contributed by atoms with E-state index in [9.17, 15) is 0 Å². The van der Waals surface area contributed by atoms with Crippen LogP contribution < -0.4 is 4.74 Å². The molecule has 2 aromatic carbocycles. The molecular formula is C14H13IO. The van der Waals surface area contributed by atoms with Crippen molar-refractivity contribution in [2.24, 2.45) is 0 Å². The maximum atomic E-state index is 5.81. The van der Waals surface area contributed by atoms with Gasteiger partial charge in [-0.15, -0.1) is 0 Å². The van der Waals surface area contributed by atoms with Gasteiger partial charge in [-0.1, -0.05) is 23.8 Å². The van der Waals surface area contributed by atoms with Crippen LogP contribution in [0.25, 0.3) is 0 Å². The summed E-state index contributed by atoms with van der Waals surface area (Å²) in [6.07, 6.45) is 0. The SMILES string of the molecule is Cc1ccc(Oc2ccc(C)cc2I)cc1. The predicted octanol–water partition coefficient (Wildman–Crippen LogP) is 4.70. The van der Waals surface area contributed by atoms with Gasteiger partial charge in [-0.05, 0) is 66.3 Å². The second-order valence-corrected chi connectivity index (χ2v) is 5.01. The lowest BCUT2D eigenvalue weighted by atomic mass is 10.2. The van der Waals surface area contributed by atoms with Crippen LogP contribution in [0.2, 0.25) is 0 Å². The number of hydrogen-bond donors (Lipinski definition) is 0. The van der Waals surface area contributed by atoms with Crippen molar-refractivity contribution in [2.75, 3.05) is 0 Å². The lowest BCUT2D eigenvalue weighted by Crippen LogP contribution is -1.88. The van der Waals surface area contributed by atoms with Crippen LogP contribution in [0.3, 0.4) is 0 Å². The highest BCUT2D eigenvalue weighted by molar-refractivity contribution is 14.1. The first-order chi connectivity index (χ1) is 7.65. The molecule has 0 aliphatic carbocycles. The van der Waals surface area contributed by atoms with Gasteiger partial charge in [-0.25, -0.2) is 0 Å². The first kappa shape index (κ1) is 11.5. The zero-order chi connectivity index (χ0) is 11.5. The van der Waals surface area contributed by atoms with Crippen LogP contribution in [-0.2, 0) is 0 Å². The summed E-state index contributed by atoms with van der Waals surface area (Å²) >= 11 is 2.29. The molecular weight excluding hydrogens is 311 g/mol. The minimum Gasteiger partial charge on any atom is -0.456 e. The smallest absolute Gasteiger partial charge is 0.140 e. The molecule has 16 heavy (non-hydrogen) atoms. The van der Waals surface area contributed by atoms with E-state index in [-0.39, 0.29) is 0 Å². The van der Waals surface area contributed by atoms with Gasteiger partial charge in [0.15, 0.2) is 0 Å². The number of ether oxygens (including phenoxy) is 1. The largest absolute Gasteiger partial charge is 0.456 e. The first-order valence-electron chi connectivity index (χ1n) is 5.16. The van der Waals surface area contributed by atoms with Crippen molar-refractivity contribution < 1.29 is 4.74 Å². The molecule has 0 atom stereocenters. The zero-order valence-corrected chi connectivity index (χ0v) is 11.5. The maximum absolute atomic E-state index is 5.81. The van der Waals surface area contributed by atoms with Crippen LogP contribution >= 0.6 is 22.6 Å². The normalized spacial score (nSPS) is 10.2. The molecule has 0 bridgehead atoms. The van der Waals surface area contributed by atoms with E-state index in [1.165, 1.54) is 11.1 Å². The fraction of sp³-hybridized carbons (Fsp3) is 0.143. The highest BCUT2D eigenvalue weighted by Crippen LogP contribution is 2.27. The molecule has 2 rings (SSSR count). The quantitative estimate of drug-likeness (QED) is 0.728. The number of hydrogen-bond acceptors (Lipinski definition) is 1. The van der Waals surface area contributed by atoms with Crippen LogP contribution in [0.1, 0.15) is 11.1 Å². The summed E-state index contributed by atoms with van der Waals surface area (Å²) in [5.41, 5.74) is 2.49. The molecule has 0 fully saturated rings. The molecule has 0 aliphatic rings. The molecule has 0 N–H and O–H groups in total. The fourth-order valence-corrected chi connectivity index (χ4v) is 2.20. The minimum atomic E-state index is 0.882. The molecule has 0 aromatic heterocycles. The molecule has 0 aliphatic heterocycles. The summed E-state index contributed by atoms with van der Waals surface area (Å²) in [6, 6.07) is 14.3. The average molecular weight is 324 g/mol. The van der Waals surface area contributed by atoms with Crippen LogP contribution in [0.5, 0.6) is 11.5 Å². The monoisotopic (exact) mass is 324 g/mol. The fourth-order valence-electron chi connectivity index (χ4n) is 1.42. The number of halogens is 1. The highest BCUT2D eigenvalue weighted by Gasteiger charge is 2.02. The van der Waals surface area contributed by atoms with Gasteiger partial charge in [-0.2, -0.15) is 0 Å². The highest BCUT2D eigenvalue weighted by atomic mass is 127. The Morgan fingerprint density at radius 1 is 0.875 bits per heavy atom. The van der Waals surface area contributed by atoms with Gasteiger partial charge in [0.1, 0.15) is 11.5 Å². The van der Waals surface area contributed by atoms with Crippen molar-refractivity contribution >= 4 is 22.6 Å². The molecule has 1 nitrogen and oxygen atoms in total. The third-order valence-electron chi connectivity index (χ3n) is 2.34. The number of rotatable bonds is 2. The van der Waals surface area contributed by atoms with Gasteiger partial charge in [-0.3, -0.25) is 0 Å². The Labute approximate surface area is 110 Å². The topological polar surface area (TPSA) is 9.23 Å². The van der Waals surface area contributed by atoms with E-state index in [2.05, 4.69) is 60.7 Å². The Bertz CT molecular complexity index is 489. The molecule has 0 saturated heterocycles. The third-order valence-corrected chi connectivity index (χ3v) is 3.18. The summed E-state index contributed by atoms with van der Waals surface area (Å²) in [6.45, 7) is 4.15. The van der Waals surface area contributed by atoms with Crippen LogP contribution in [0, 0.1) is 17.4 Å². The first-order valence-corrected chi connectivity index (χ1v) is 6.24. The Balaban J connectivity index is 2.23. The Kier molecular flexibility index (Phi) is 3.49. The van der Waals surface area contributed by atoms with Gasteiger partial charge in [0, 0.05) is 0 Å². The Morgan fingerprint density at radius 3 is 2.12 bits per heavy atom. The summed E-state index contributed by atoms with van der Waals surface area (Å²) in [7, 11) is 0. The zero-order valence-electron chi connectivity index (χ0n) is 9.33. The van der Waals surface area contributed by atoms with Crippen molar-refractivity contribution in [1.82, 2.24) is 0 Å². The lowest BCUT2D eigenvalue weighted by molar-refractivity contribution is 0.479. The predicted molar refractivity (Wildman–Crippen MR) is 75.1 cm³/mol. The second kappa shape index (κ2) is 4.87. The summed E-state index contributed by atoms with van der Waals surface area (Å²) in [5.74, 6) is 1.79. The second-order valence-electron chi connectivity index (χ2n) is 3.85. The lowest BCUT2D eigenvalue weighted by Gasteiger charge is -2.08. The molecule has 0 heterocycles. The van der Waals surface area contributed by atoms with Crippen LogP contribution in [0.4, 0.5) is 0 Å². The molecule has 0 spiro atoms. The van der Waals surface area contributed by atoms with E-state index in [0.29, 0.717) is 0 Å². The molecule has 0 saturated carbocycles. The van der Waals surface area contributed by atoms with Crippen molar-refractivity contribution in [3.05, 3.63) is 57.2 Å². The van der Waals surface area contributed by atoms with Gasteiger partial charge >= 0.3 is 0 Å². The average Bonchev–Trinajstić information content (AvgIpc) is 2.25. The van der Waals surface area contributed by atoms with Gasteiger partial charge in [0.25, 0.3) is 0 Å². The van der Waals surface area contributed by atoms with Crippen LogP contribution in [-0.4, -0.2) is 0 Å². The molecule has 0 amide bonds. The van der Waals surface area contributed by atoms with Crippen molar-refractivity contribution in [2.45, 2.75) is 13.8 Å². The summed E-state index contributed by atoms with van der Waals surface area (Å²) < 4.78 is 6.95. The standard InChI is InChI=1S/C14H13IO/c1-10-3-6-12(7-4-10)16-14-8-5-11(2)9-13(14)15/h3-9H,1-2H3. The van der Waals surface area contributed by atoms with Gasteiger partial charge in [0.2, 0.25) is 0 Å². The molecule has 2 heteroatoms. The van der Waals surface area contributed by atoms with E-state index in [1.807, 2.05) is 18.2 Å². The van der Waals surface area contributed by atoms with E-state index in [1.54, 1.807) is 0 Å². The number of benzene rings is 2. The Morgan fingerprint density at radius 2 is 1.50 bits per heavy atom. The van der Waals surface area contributed by atoms with Crippen LogP contribution in [0.15, 0.2) is 42.5 Å². The molecule has 2 aromatic rings. The minimum absolute atomic E-state index is 0.882. The van der Waals surface area contributed by atoms with E-state index >= 15 is 0 Å². The maximum Gasteiger partial charge on any atom is 0.140 e. The van der Waals surface area contributed by atoms with Crippen molar-refractivity contribution in [3.63, 3.8) is 0 Å². The Hall–Kier alpha value is -1.03. The summed E-state index contributed by atoms with van der Waals surface area (Å²) in [5, 5.41) is 0. The third kappa shape index (κ3) is 2.76. The van der Waals surface area contributed by atoms with Crippen molar-refractivity contribution in [3.8, 4) is 11.5 Å². The van der Waals surface area contributed by atoms with Gasteiger partial charge in [0.05, 0.1) is 3.57 Å². The molecule has 0 unspecified atom stereocenters. The molecule has 0 radical (unpaired) electrons. The van der Waals surface area contributed by atoms with E-state index in [4.69, 9.17) is 4.74 Å². The molecule has 82 valence electrons.